The van der Waals surface area contributed by atoms with Crippen LogP contribution < -0.4 is 5.73 Å². The van der Waals surface area contributed by atoms with Gasteiger partial charge in [-0.05, 0) is 44.1 Å². The highest BCUT2D eigenvalue weighted by Crippen LogP contribution is 2.51. The summed E-state index contributed by atoms with van der Waals surface area (Å²) in [5, 5.41) is 0. The number of nitrogens with zero attached hydrogens (tertiary/aromatic N) is 1. The van der Waals surface area contributed by atoms with E-state index in [0.717, 1.165) is 12.0 Å². The van der Waals surface area contributed by atoms with Crippen LogP contribution in [-0.4, -0.2) is 30.1 Å². The highest BCUT2D eigenvalue weighted by Gasteiger charge is 2.52. The van der Waals surface area contributed by atoms with Gasteiger partial charge in [-0.3, -0.25) is 4.90 Å². The van der Waals surface area contributed by atoms with Gasteiger partial charge in [-0.25, -0.2) is 0 Å². The molecule has 80 valence electrons. The van der Waals surface area contributed by atoms with Crippen LogP contribution in [0.2, 0.25) is 0 Å². The minimum Gasteiger partial charge on any atom is -0.329 e. The van der Waals surface area contributed by atoms with Crippen molar-refractivity contribution < 1.29 is 0 Å². The molecular formula is C12H22N2. The van der Waals surface area contributed by atoms with E-state index in [9.17, 15) is 0 Å². The molecule has 1 saturated heterocycles. The van der Waals surface area contributed by atoms with Crippen LogP contribution in [0.5, 0.6) is 0 Å². The number of rotatable bonds is 2. The van der Waals surface area contributed by atoms with Gasteiger partial charge in [0.1, 0.15) is 0 Å². The maximum absolute atomic E-state index is 5.89. The summed E-state index contributed by atoms with van der Waals surface area (Å²) in [6.45, 7) is 3.59. The fourth-order valence-electron chi connectivity index (χ4n) is 3.67. The molecular weight excluding hydrogens is 172 g/mol. The average molecular weight is 194 g/mol. The van der Waals surface area contributed by atoms with Crippen molar-refractivity contribution in [1.82, 2.24) is 4.90 Å². The maximum Gasteiger partial charge on any atom is 0.0333 e. The molecule has 2 saturated carbocycles. The Hall–Kier alpha value is -0.0800. The van der Waals surface area contributed by atoms with Gasteiger partial charge in [0.2, 0.25) is 0 Å². The normalized spacial score (nSPS) is 34.1. The summed E-state index contributed by atoms with van der Waals surface area (Å²) >= 11 is 0. The van der Waals surface area contributed by atoms with E-state index in [0.29, 0.717) is 5.54 Å². The summed E-state index contributed by atoms with van der Waals surface area (Å²) in [6, 6.07) is 0. The van der Waals surface area contributed by atoms with Crippen molar-refractivity contribution >= 4 is 0 Å². The first-order chi connectivity index (χ1) is 6.79. The molecule has 1 heterocycles. The third-order valence-electron chi connectivity index (χ3n) is 4.98. The van der Waals surface area contributed by atoms with E-state index in [1.165, 1.54) is 58.0 Å². The molecule has 0 amide bonds. The van der Waals surface area contributed by atoms with Crippen LogP contribution in [0.25, 0.3) is 0 Å². The van der Waals surface area contributed by atoms with Gasteiger partial charge in [-0.2, -0.15) is 0 Å². The minimum absolute atomic E-state index is 0.464. The van der Waals surface area contributed by atoms with Crippen molar-refractivity contribution in [1.29, 1.82) is 0 Å². The van der Waals surface area contributed by atoms with Crippen LogP contribution in [0.15, 0.2) is 0 Å². The molecule has 2 aliphatic carbocycles. The van der Waals surface area contributed by atoms with E-state index in [4.69, 9.17) is 5.73 Å². The van der Waals surface area contributed by atoms with Crippen LogP contribution in [0, 0.1) is 5.41 Å². The van der Waals surface area contributed by atoms with Crippen LogP contribution in [0.3, 0.4) is 0 Å². The molecule has 2 nitrogen and oxygen atoms in total. The van der Waals surface area contributed by atoms with Gasteiger partial charge >= 0.3 is 0 Å². The van der Waals surface area contributed by atoms with E-state index in [2.05, 4.69) is 4.90 Å². The molecule has 2 N–H and O–H groups in total. The van der Waals surface area contributed by atoms with E-state index >= 15 is 0 Å². The fraction of sp³-hybridized carbons (Fsp3) is 1.00. The number of hydrogen-bond donors (Lipinski definition) is 1. The summed E-state index contributed by atoms with van der Waals surface area (Å²) in [7, 11) is 0. The summed E-state index contributed by atoms with van der Waals surface area (Å²) < 4.78 is 0. The highest BCUT2D eigenvalue weighted by molar-refractivity contribution is 5.09. The first-order valence-electron chi connectivity index (χ1n) is 6.24. The minimum atomic E-state index is 0.464. The Labute approximate surface area is 86.8 Å². The van der Waals surface area contributed by atoms with Crippen molar-refractivity contribution in [2.45, 2.75) is 50.5 Å². The van der Waals surface area contributed by atoms with Crippen LogP contribution in [0.1, 0.15) is 44.9 Å². The molecule has 0 radical (unpaired) electrons. The Morgan fingerprint density at radius 1 is 1.00 bits per heavy atom. The molecule has 0 aromatic rings. The van der Waals surface area contributed by atoms with Crippen LogP contribution in [0.4, 0.5) is 0 Å². The fourth-order valence-corrected chi connectivity index (χ4v) is 3.67. The Morgan fingerprint density at radius 2 is 1.71 bits per heavy atom. The Morgan fingerprint density at radius 3 is 2.29 bits per heavy atom. The molecule has 3 rings (SSSR count). The largest absolute Gasteiger partial charge is 0.329 e. The second-order valence-corrected chi connectivity index (χ2v) is 5.81. The lowest BCUT2D eigenvalue weighted by Gasteiger charge is -2.29. The molecule has 0 bridgehead atoms. The molecule has 0 aromatic heterocycles. The Bertz CT molecular complexity index is 226. The lowest BCUT2D eigenvalue weighted by Crippen LogP contribution is -2.42. The highest BCUT2D eigenvalue weighted by atomic mass is 15.3. The third kappa shape index (κ3) is 1.24. The van der Waals surface area contributed by atoms with Gasteiger partial charge in [-0.1, -0.05) is 12.8 Å². The molecule has 0 aromatic carbocycles. The van der Waals surface area contributed by atoms with Crippen molar-refractivity contribution in [3.05, 3.63) is 0 Å². The quantitative estimate of drug-likeness (QED) is 0.725. The van der Waals surface area contributed by atoms with Gasteiger partial charge in [0, 0.05) is 18.6 Å². The van der Waals surface area contributed by atoms with Gasteiger partial charge in [-0.15, -0.1) is 0 Å². The lowest BCUT2D eigenvalue weighted by molar-refractivity contribution is 0.191. The topological polar surface area (TPSA) is 29.3 Å². The van der Waals surface area contributed by atoms with Crippen molar-refractivity contribution in [3.8, 4) is 0 Å². The molecule has 0 unspecified atom stereocenters. The van der Waals surface area contributed by atoms with E-state index < -0.39 is 0 Å². The Balaban J connectivity index is 1.69. The molecule has 1 spiro atoms. The number of nitrogens with two attached hydrogens (primary N) is 1. The lowest BCUT2D eigenvalue weighted by atomic mass is 9.85. The Kier molecular flexibility index (Phi) is 1.94. The van der Waals surface area contributed by atoms with Gasteiger partial charge in [0.05, 0.1) is 0 Å². The third-order valence-corrected chi connectivity index (χ3v) is 4.98. The molecule has 14 heavy (non-hydrogen) atoms. The average Bonchev–Trinajstić information content (AvgIpc) is 2.70. The maximum atomic E-state index is 5.89. The zero-order valence-electron chi connectivity index (χ0n) is 9.10. The van der Waals surface area contributed by atoms with Crippen LogP contribution >= 0.6 is 0 Å². The second-order valence-electron chi connectivity index (χ2n) is 5.81. The van der Waals surface area contributed by atoms with E-state index in [1.54, 1.807) is 0 Å². The van der Waals surface area contributed by atoms with Gasteiger partial charge in [0.15, 0.2) is 0 Å². The predicted molar refractivity (Wildman–Crippen MR) is 58.1 cm³/mol. The summed E-state index contributed by atoms with van der Waals surface area (Å²) in [5.74, 6) is 0. The van der Waals surface area contributed by atoms with E-state index in [1.807, 2.05) is 0 Å². The predicted octanol–water partition coefficient (Wildman–Crippen LogP) is 1.74. The van der Waals surface area contributed by atoms with Crippen molar-refractivity contribution in [2.24, 2.45) is 11.1 Å². The zero-order valence-corrected chi connectivity index (χ0v) is 9.10. The first-order valence-corrected chi connectivity index (χ1v) is 6.24. The molecule has 3 aliphatic rings. The molecule has 2 heteroatoms. The number of hydrogen-bond acceptors (Lipinski definition) is 2. The van der Waals surface area contributed by atoms with Crippen molar-refractivity contribution in [2.75, 3.05) is 19.6 Å². The SMILES string of the molecule is NCC1(N2CCC3(CCCC3)C2)CC1. The van der Waals surface area contributed by atoms with Crippen LogP contribution in [-0.2, 0) is 0 Å². The summed E-state index contributed by atoms with van der Waals surface area (Å²) in [6.07, 6.45) is 10.1. The van der Waals surface area contributed by atoms with Gasteiger partial charge < -0.3 is 5.73 Å². The van der Waals surface area contributed by atoms with E-state index in [-0.39, 0.29) is 0 Å². The first kappa shape index (κ1) is 9.17. The monoisotopic (exact) mass is 194 g/mol. The van der Waals surface area contributed by atoms with Crippen molar-refractivity contribution in [3.63, 3.8) is 0 Å². The molecule has 3 fully saturated rings. The van der Waals surface area contributed by atoms with Gasteiger partial charge in [0.25, 0.3) is 0 Å². The smallest absolute Gasteiger partial charge is 0.0333 e. The zero-order chi connectivity index (χ0) is 9.65. The second kappa shape index (κ2) is 2.96. The number of likely N-dealkylation sites (tertiary alicyclic amines) is 1. The molecule has 1 aliphatic heterocycles. The molecule has 0 atom stereocenters. The standard InChI is InChI=1S/C12H22N2/c13-9-12(5-6-12)14-8-7-11(10-14)3-1-2-4-11/h1-10,13H2. The summed E-state index contributed by atoms with van der Waals surface area (Å²) in [4.78, 5) is 2.72. The summed E-state index contributed by atoms with van der Waals surface area (Å²) in [5.41, 5.74) is 7.09.